The number of ether oxygens (including phenoxy) is 2. The van der Waals surface area contributed by atoms with Gasteiger partial charge in [-0.25, -0.2) is 4.79 Å². The van der Waals surface area contributed by atoms with Gasteiger partial charge in [0.05, 0.1) is 12.1 Å². The third-order valence-corrected chi connectivity index (χ3v) is 8.11. The predicted molar refractivity (Wildman–Crippen MR) is 159 cm³/mol. The number of nitrogens with zero attached hydrogens (tertiary/aromatic N) is 2. The maximum absolute atomic E-state index is 12.4. The van der Waals surface area contributed by atoms with Gasteiger partial charge in [-0.15, -0.1) is 0 Å². The number of allylic oxidation sites excluding steroid dienone is 1. The summed E-state index contributed by atoms with van der Waals surface area (Å²) in [4.78, 5) is 17.3. The standard InChI is InChI=1S/C32H34Cl2N2O3/c1-32(2)19-23(27(20-32)22-8-10-24(33)11-9-22)21-35-14-16-36(17-15-35)25-12-13-26(31(37)38-3)30(18-25)39-29-7-5-4-6-28(29)34/h4-13,18H,14-17,19-21H2,1-3H3. The summed E-state index contributed by atoms with van der Waals surface area (Å²) in [6, 6.07) is 21.1. The molecule has 0 atom stereocenters. The molecule has 0 N–H and O–H groups in total. The molecule has 1 saturated heterocycles. The average molecular weight is 566 g/mol. The summed E-state index contributed by atoms with van der Waals surface area (Å²) in [5.74, 6) is 0.481. The number of benzene rings is 3. The number of carbonyl (C=O) groups excluding carboxylic acids is 1. The zero-order valence-electron chi connectivity index (χ0n) is 22.7. The van der Waals surface area contributed by atoms with Gasteiger partial charge in [0, 0.05) is 49.5 Å². The molecule has 0 bridgehead atoms. The number of halogens is 2. The van der Waals surface area contributed by atoms with Crippen LogP contribution in [0.5, 0.6) is 11.5 Å². The van der Waals surface area contributed by atoms with E-state index in [1.54, 1.807) is 18.2 Å². The molecule has 1 aliphatic carbocycles. The van der Waals surface area contributed by atoms with Crippen LogP contribution >= 0.6 is 23.2 Å². The summed E-state index contributed by atoms with van der Waals surface area (Å²) in [7, 11) is 1.37. The molecule has 0 unspecified atom stereocenters. The predicted octanol–water partition coefficient (Wildman–Crippen LogP) is 7.97. The van der Waals surface area contributed by atoms with Crippen molar-refractivity contribution in [2.75, 3.05) is 44.7 Å². The van der Waals surface area contributed by atoms with Crippen LogP contribution < -0.4 is 9.64 Å². The normalized spacial score (nSPS) is 17.4. The quantitative estimate of drug-likeness (QED) is 0.272. The Balaban J connectivity index is 1.30. The van der Waals surface area contributed by atoms with Crippen LogP contribution in [0.25, 0.3) is 5.57 Å². The summed E-state index contributed by atoms with van der Waals surface area (Å²) in [6.07, 6.45) is 2.20. The van der Waals surface area contributed by atoms with E-state index in [1.807, 2.05) is 36.4 Å². The van der Waals surface area contributed by atoms with Crippen molar-refractivity contribution in [1.29, 1.82) is 0 Å². The van der Waals surface area contributed by atoms with E-state index in [2.05, 4.69) is 35.8 Å². The van der Waals surface area contributed by atoms with Crippen LogP contribution in [0.3, 0.4) is 0 Å². The van der Waals surface area contributed by atoms with Gasteiger partial charge in [0.1, 0.15) is 17.1 Å². The zero-order chi connectivity index (χ0) is 27.6. The van der Waals surface area contributed by atoms with Gasteiger partial charge < -0.3 is 14.4 Å². The van der Waals surface area contributed by atoms with Crippen LogP contribution in [0.1, 0.15) is 42.6 Å². The Morgan fingerprint density at radius 1 is 0.897 bits per heavy atom. The molecule has 0 amide bonds. The van der Waals surface area contributed by atoms with E-state index in [0.717, 1.165) is 56.3 Å². The fourth-order valence-corrected chi connectivity index (χ4v) is 5.91. The lowest BCUT2D eigenvalue weighted by Gasteiger charge is -2.37. The van der Waals surface area contributed by atoms with Crippen molar-refractivity contribution in [3.05, 3.63) is 93.5 Å². The molecular formula is C32H34Cl2N2O3. The Morgan fingerprint density at radius 2 is 1.62 bits per heavy atom. The van der Waals surface area contributed by atoms with Gasteiger partial charge in [-0.05, 0) is 65.8 Å². The van der Waals surface area contributed by atoms with Crippen molar-refractivity contribution in [3.8, 4) is 11.5 Å². The number of para-hydroxylation sites is 1. The molecule has 1 fully saturated rings. The van der Waals surface area contributed by atoms with Gasteiger partial charge in [0.15, 0.2) is 0 Å². The molecule has 39 heavy (non-hydrogen) atoms. The Hall–Kier alpha value is -2.99. The van der Waals surface area contributed by atoms with Crippen LogP contribution in [0.15, 0.2) is 72.3 Å². The van der Waals surface area contributed by atoms with Gasteiger partial charge in [0.2, 0.25) is 0 Å². The van der Waals surface area contributed by atoms with E-state index >= 15 is 0 Å². The lowest BCUT2D eigenvalue weighted by atomic mass is 9.88. The van der Waals surface area contributed by atoms with Gasteiger partial charge >= 0.3 is 5.97 Å². The summed E-state index contributed by atoms with van der Waals surface area (Å²) in [5.41, 5.74) is 5.94. The van der Waals surface area contributed by atoms with E-state index in [1.165, 1.54) is 23.8 Å². The van der Waals surface area contributed by atoms with Crippen LogP contribution in [0.4, 0.5) is 5.69 Å². The first-order valence-electron chi connectivity index (χ1n) is 13.3. The number of carbonyl (C=O) groups is 1. The summed E-state index contributed by atoms with van der Waals surface area (Å²) >= 11 is 12.5. The second-order valence-electron chi connectivity index (χ2n) is 11.1. The van der Waals surface area contributed by atoms with E-state index in [0.29, 0.717) is 22.1 Å². The molecule has 2 aliphatic rings. The van der Waals surface area contributed by atoms with Crippen molar-refractivity contribution in [2.24, 2.45) is 5.41 Å². The lowest BCUT2D eigenvalue weighted by molar-refractivity contribution is 0.0598. The second-order valence-corrected chi connectivity index (χ2v) is 11.9. The number of methoxy groups -OCH3 is 1. The monoisotopic (exact) mass is 564 g/mol. The van der Waals surface area contributed by atoms with Crippen molar-refractivity contribution in [1.82, 2.24) is 4.90 Å². The Labute approximate surface area is 240 Å². The molecule has 1 heterocycles. The summed E-state index contributed by atoms with van der Waals surface area (Å²) < 4.78 is 11.1. The van der Waals surface area contributed by atoms with Crippen molar-refractivity contribution >= 4 is 40.4 Å². The minimum absolute atomic E-state index is 0.269. The van der Waals surface area contributed by atoms with Gasteiger partial charge in [-0.2, -0.15) is 0 Å². The fourth-order valence-electron chi connectivity index (χ4n) is 5.61. The first-order valence-corrected chi connectivity index (χ1v) is 14.1. The number of rotatable bonds is 7. The smallest absolute Gasteiger partial charge is 0.341 e. The molecule has 3 aromatic rings. The SMILES string of the molecule is COC(=O)c1ccc(N2CCN(CC3=C(c4ccc(Cl)cc4)CC(C)(C)C3)CC2)cc1Oc1ccccc1Cl. The Bertz CT molecular complexity index is 1380. The number of anilines is 1. The van der Waals surface area contributed by atoms with E-state index in [4.69, 9.17) is 32.7 Å². The largest absolute Gasteiger partial charge is 0.465 e. The third-order valence-electron chi connectivity index (χ3n) is 7.55. The van der Waals surface area contributed by atoms with Crippen molar-refractivity contribution in [3.63, 3.8) is 0 Å². The molecule has 0 spiro atoms. The third kappa shape index (κ3) is 6.43. The minimum Gasteiger partial charge on any atom is -0.465 e. The maximum Gasteiger partial charge on any atom is 0.341 e. The highest BCUT2D eigenvalue weighted by Gasteiger charge is 2.32. The highest BCUT2D eigenvalue weighted by atomic mass is 35.5. The first kappa shape index (κ1) is 27.6. The highest BCUT2D eigenvalue weighted by molar-refractivity contribution is 6.32. The minimum atomic E-state index is -0.447. The van der Waals surface area contributed by atoms with Crippen LogP contribution in [-0.4, -0.2) is 50.7 Å². The first-order chi connectivity index (χ1) is 18.7. The fraction of sp³-hybridized carbons (Fsp3) is 0.344. The topological polar surface area (TPSA) is 42.0 Å². The van der Waals surface area contributed by atoms with Crippen LogP contribution in [0, 0.1) is 5.41 Å². The number of hydrogen-bond donors (Lipinski definition) is 0. The molecule has 7 heteroatoms. The number of piperazine rings is 1. The molecule has 3 aromatic carbocycles. The molecule has 0 radical (unpaired) electrons. The van der Waals surface area contributed by atoms with Gasteiger partial charge in [-0.3, -0.25) is 4.90 Å². The number of hydrogen-bond acceptors (Lipinski definition) is 5. The Morgan fingerprint density at radius 3 is 2.31 bits per heavy atom. The Kier molecular flexibility index (Phi) is 8.22. The summed E-state index contributed by atoms with van der Waals surface area (Å²) in [6.45, 7) is 9.38. The van der Waals surface area contributed by atoms with Gasteiger partial charge in [-0.1, -0.05) is 66.9 Å². The lowest BCUT2D eigenvalue weighted by Crippen LogP contribution is -2.47. The van der Waals surface area contributed by atoms with Gasteiger partial charge in [0.25, 0.3) is 0 Å². The molecular weight excluding hydrogens is 531 g/mol. The molecule has 1 aliphatic heterocycles. The molecule has 204 valence electrons. The van der Waals surface area contributed by atoms with E-state index in [-0.39, 0.29) is 5.41 Å². The molecule has 0 aromatic heterocycles. The van der Waals surface area contributed by atoms with Crippen LogP contribution in [-0.2, 0) is 4.74 Å². The van der Waals surface area contributed by atoms with Crippen LogP contribution in [0.2, 0.25) is 10.0 Å². The summed E-state index contributed by atoms with van der Waals surface area (Å²) in [5, 5.41) is 1.25. The zero-order valence-corrected chi connectivity index (χ0v) is 24.2. The average Bonchev–Trinajstić information content (AvgIpc) is 3.24. The number of esters is 1. The molecule has 0 saturated carbocycles. The molecule has 5 nitrogen and oxygen atoms in total. The highest BCUT2D eigenvalue weighted by Crippen LogP contribution is 2.46. The maximum atomic E-state index is 12.4. The molecule has 5 rings (SSSR count). The van der Waals surface area contributed by atoms with Crippen molar-refractivity contribution in [2.45, 2.75) is 26.7 Å². The second kappa shape index (κ2) is 11.6. The van der Waals surface area contributed by atoms with Crippen molar-refractivity contribution < 1.29 is 14.3 Å². The van der Waals surface area contributed by atoms with E-state index < -0.39 is 5.97 Å². The van der Waals surface area contributed by atoms with E-state index in [9.17, 15) is 4.79 Å².